The van der Waals surface area contributed by atoms with Crippen molar-refractivity contribution in [2.45, 2.75) is 31.1 Å². The van der Waals surface area contributed by atoms with E-state index in [2.05, 4.69) is 75.9 Å². The summed E-state index contributed by atoms with van der Waals surface area (Å²) in [4.78, 5) is 18.6. The smallest absolute Gasteiger partial charge is 0.243 e. The third kappa shape index (κ3) is 6.17. The molecule has 1 aliphatic heterocycles. The van der Waals surface area contributed by atoms with Gasteiger partial charge in [-0.3, -0.25) is 9.78 Å². The third-order valence-corrected chi connectivity index (χ3v) is 6.67. The summed E-state index contributed by atoms with van der Waals surface area (Å²) in [6.45, 7) is 4.00. The van der Waals surface area contributed by atoms with Crippen LogP contribution in [0.25, 0.3) is 6.08 Å². The van der Waals surface area contributed by atoms with Crippen LogP contribution >= 0.6 is 0 Å². The van der Waals surface area contributed by atoms with Gasteiger partial charge in [0.2, 0.25) is 5.91 Å². The lowest BCUT2D eigenvalue weighted by Gasteiger charge is -2.43. The third-order valence-electron chi connectivity index (χ3n) is 6.67. The molecule has 3 aromatic rings. The predicted octanol–water partition coefficient (Wildman–Crippen LogP) is 5.07. The number of aromatic nitrogens is 1. The van der Waals surface area contributed by atoms with Gasteiger partial charge in [-0.2, -0.15) is 0 Å². The fourth-order valence-corrected chi connectivity index (χ4v) is 4.79. The van der Waals surface area contributed by atoms with Crippen molar-refractivity contribution < 1.29 is 4.79 Å². The second kappa shape index (κ2) is 11.6. The van der Waals surface area contributed by atoms with E-state index < -0.39 is 0 Å². The van der Waals surface area contributed by atoms with Crippen LogP contribution in [0, 0.1) is 0 Å². The number of piperidine rings is 1. The molecule has 0 unspecified atom stereocenters. The highest BCUT2D eigenvalue weighted by Gasteiger charge is 2.37. The summed E-state index contributed by atoms with van der Waals surface area (Å²) in [6.07, 6.45) is 11.2. The molecular formula is C29H33N3O. The summed E-state index contributed by atoms with van der Waals surface area (Å²) in [5.41, 5.74) is 3.89. The average Bonchev–Trinajstić information content (AvgIpc) is 2.89. The van der Waals surface area contributed by atoms with Gasteiger partial charge in [0.05, 0.1) is 0 Å². The highest BCUT2D eigenvalue weighted by atomic mass is 16.1. The summed E-state index contributed by atoms with van der Waals surface area (Å²) in [7, 11) is 0. The minimum absolute atomic E-state index is 0.0488. The van der Waals surface area contributed by atoms with Gasteiger partial charge in [-0.25, -0.2) is 0 Å². The van der Waals surface area contributed by atoms with Gasteiger partial charge >= 0.3 is 0 Å². The Kier molecular flexibility index (Phi) is 8.04. The number of unbranched alkanes of at least 4 members (excludes halogenated alkanes) is 1. The van der Waals surface area contributed by atoms with Crippen molar-refractivity contribution in [1.29, 1.82) is 0 Å². The second-order valence-corrected chi connectivity index (χ2v) is 8.77. The van der Waals surface area contributed by atoms with Crippen LogP contribution in [0.1, 0.15) is 42.4 Å². The monoisotopic (exact) mass is 439 g/mol. The van der Waals surface area contributed by atoms with Crippen molar-refractivity contribution in [1.82, 2.24) is 15.2 Å². The van der Waals surface area contributed by atoms with Crippen LogP contribution in [0.2, 0.25) is 0 Å². The Hall–Kier alpha value is -3.24. The number of benzene rings is 2. The molecule has 33 heavy (non-hydrogen) atoms. The van der Waals surface area contributed by atoms with E-state index in [9.17, 15) is 4.79 Å². The van der Waals surface area contributed by atoms with E-state index in [0.29, 0.717) is 6.54 Å². The summed E-state index contributed by atoms with van der Waals surface area (Å²) in [5, 5.41) is 2.98. The number of rotatable bonds is 9. The molecule has 0 bridgehead atoms. The van der Waals surface area contributed by atoms with Crippen molar-refractivity contribution in [3.05, 3.63) is 108 Å². The first kappa shape index (κ1) is 22.9. The molecular weight excluding hydrogens is 406 g/mol. The summed E-state index contributed by atoms with van der Waals surface area (Å²) >= 11 is 0. The van der Waals surface area contributed by atoms with E-state index >= 15 is 0 Å². The molecule has 1 aromatic heterocycles. The number of carbonyl (C=O) groups is 1. The number of pyridine rings is 1. The van der Waals surface area contributed by atoms with Gasteiger partial charge in [0, 0.05) is 30.4 Å². The van der Waals surface area contributed by atoms with E-state index in [4.69, 9.17) is 0 Å². The van der Waals surface area contributed by atoms with Crippen LogP contribution in [0.5, 0.6) is 0 Å². The average molecular weight is 440 g/mol. The lowest BCUT2D eigenvalue weighted by atomic mass is 9.68. The molecule has 1 saturated heterocycles. The zero-order chi connectivity index (χ0) is 22.8. The van der Waals surface area contributed by atoms with Crippen LogP contribution in [-0.4, -0.2) is 42.0 Å². The van der Waals surface area contributed by atoms with Gasteiger partial charge in [-0.1, -0.05) is 66.7 Å². The molecule has 2 heterocycles. The number of nitrogens with zero attached hydrogens (tertiary/aromatic N) is 2. The largest absolute Gasteiger partial charge is 0.353 e. The number of nitrogens with one attached hydrogen (secondary N) is 1. The summed E-state index contributed by atoms with van der Waals surface area (Å²) < 4.78 is 0. The van der Waals surface area contributed by atoms with Crippen molar-refractivity contribution in [2.24, 2.45) is 0 Å². The Morgan fingerprint density at radius 3 is 2.18 bits per heavy atom. The van der Waals surface area contributed by atoms with E-state index in [1.165, 1.54) is 11.1 Å². The van der Waals surface area contributed by atoms with Crippen LogP contribution in [0.15, 0.2) is 91.3 Å². The Morgan fingerprint density at radius 2 is 1.58 bits per heavy atom. The quantitative estimate of drug-likeness (QED) is 0.374. The lowest BCUT2D eigenvalue weighted by molar-refractivity contribution is -0.116. The number of hydrogen-bond acceptors (Lipinski definition) is 3. The predicted molar refractivity (Wildman–Crippen MR) is 135 cm³/mol. The molecule has 4 nitrogen and oxygen atoms in total. The maximum absolute atomic E-state index is 12.0. The number of hydrogen-bond donors (Lipinski definition) is 1. The minimum atomic E-state index is -0.0488. The van der Waals surface area contributed by atoms with Crippen molar-refractivity contribution in [3.8, 4) is 0 Å². The van der Waals surface area contributed by atoms with Gasteiger partial charge in [-0.15, -0.1) is 0 Å². The maximum Gasteiger partial charge on any atom is 0.243 e. The van der Waals surface area contributed by atoms with Crippen LogP contribution < -0.4 is 5.32 Å². The van der Waals surface area contributed by atoms with Gasteiger partial charge in [0.1, 0.15) is 0 Å². The molecule has 1 amide bonds. The summed E-state index contributed by atoms with van der Waals surface area (Å²) in [6, 6.07) is 25.8. The minimum Gasteiger partial charge on any atom is -0.353 e. The zero-order valence-electron chi connectivity index (χ0n) is 19.2. The van der Waals surface area contributed by atoms with E-state index in [-0.39, 0.29) is 11.3 Å². The lowest BCUT2D eigenvalue weighted by Crippen LogP contribution is -2.43. The number of likely N-dealkylation sites (tertiary alicyclic amines) is 1. The highest BCUT2D eigenvalue weighted by molar-refractivity contribution is 5.91. The van der Waals surface area contributed by atoms with Crippen LogP contribution in [0.3, 0.4) is 0 Å². The fraction of sp³-hybridized carbons (Fsp3) is 0.310. The molecule has 1 N–H and O–H groups in total. The molecule has 4 heteroatoms. The van der Waals surface area contributed by atoms with Crippen LogP contribution in [0.4, 0.5) is 0 Å². The second-order valence-electron chi connectivity index (χ2n) is 8.77. The van der Waals surface area contributed by atoms with Gasteiger partial charge in [-0.05, 0) is 74.2 Å². The first-order chi connectivity index (χ1) is 16.3. The zero-order valence-corrected chi connectivity index (χ0v) is 19.2. The molecule has 170 valence electrons. The topological polar surface area (TPSA) is 45.2 Å². The van der Waals surface area contributed by atoms with Gasteiger partial charge in [0.25, 0.3) is 0 Å². The molecule has 0 spiro atoms. The molecule has 1 aliphatic rings. The highest BCUT2D eigenvalue weighted by Crippen LogP contribution is 2.41. The molecule has 0 radical (unpaired) electrons. The number of amides is 1. The van der Waals surface area contributed by atoms with Crippen molar-refractivity contribution in [3.63, 3.8) is 0 Å². The van der Waals surface area contributed by atoms with E-state index in [1.54, 1.807) is 24.5 Å². The first-order valence-corrected chi connectivity index (χ1v) is 12.0. The van der Waals surface area contributed by atoms with Gasteiger partial charge < -0.3 is 10.2 Å². The molecule has 4 rings (SSSR count). The van der Waals surface area contributed by atoms with Gasteiger partial charge in [0.15, 0.2) is 0 Å². The molecule has 0 atom stereocenters. The molecule has 1 fully saturated rings. The Morgan fingerprint density at radius 1 is 0.909 bits per heavy atom. The van der Waals surface area contributed by atoms with Crippen molar-refractivity contribution in [2.75, 3.05) is 26.2 Å². The normalized spacial score (nSPS) is 16.0. The van der Waals surface area contributed by atoms with E-state index in [0.717, 1.165) is 50.9 Å². The SMILES string of the molecule is O=C(/C=C/c1cccnc1)NCCCCN1CCC(c2ccccc2)(c2ccccc2)CC1. The van der Waals surface area contributed by atoms with Crippen LogP contribution in [-0.2, 0) is 10.2 Å². The Balaban J connectivity index is 1.22. The maximum atomic E-state index is 12.0. The Labute approximate surface area is 197 Å². The van der Waals surface area contributed by atoms with Crippen molar-refractivity contribution >= 4 is 12.0 Å². The molecule has 2 aromatic carbocycles. The molecule has 0 saturated carbocycles. The Bertz CT molecular complexity index is 969. The summed E-state index contributed by atoms with van der Waals surface area (Å²) in [5.74, 6) is -0.0488. The fourth-order valence-electron chi connectivity index (χ4n) is 4.79. The standard InChI is InChI=1S/C29H33N3O/c33-28(16-15-25-10-9-19-30-24-25)31-20-7-8-21-32-22-17-29(18-23-32,26-11-3-1-4-12-26)27-13-5-2-6-14-27/h1-6,9-16,19,24H,7-8,17-18,20-23H2,(H,31,33)/b16-15+. The molecule has 0 aliphatic carbocycles. The number of carbonyl (C=O) groups excluding carboxylic acids is 1. The van der Waals surface area contributed by atoms with E-state index in [1.807, 2.05) is 12.1 Å². The first-order valence-electron chi connectivity index (χ1n) is 12.0.